The highest BCUT2D eigenvalue weighted by molar-refractivity contribution is 5.72. The molecule has 0 spiro atoms. The third-order valence-electron chi connectivity index (χ3n) is 7.26. The fourth-order valence-corrected chi connectivity index (χ4v) is 4.72. The maximum atomic E-state index is 12.5. The molecule has 0 fully saturated rings. The molecule has 36 heavy (non-hydrogen) atoms. The molecule has 0 aromatic rings. The van der Waals surface area contributed by atoms with Gasteiger partial charge in [-0.05, 0) is 31.6 Å². The van der Waals surface area contributed by atoms with Crippen LogP contribution in [0.2, 0.25) is 0 Å². The lowest BCUT2D eigenvalue weighted by Crippen LogP contribution is -2.23. The van der Waals surface area contributed by atoms with Crippen LogP contribution >= 0.6 is 0 Å². The first-order valence-electron chi connectivity index (χ1n) is 15.8. The zero-order valence-corrected chi connectivity index (χ0v) is 24.8. The van der Waals surface area contributed by atoms with Gasteiger partial charge in [-0.15, -0.1) is 0 Å². The summed E-state index contributed by atoms with van der Waals surface area (Å²) in [7, 11) is 0. The first-order chi connectivity index (χ1) is 17.5. The Balaban J connectivity index is 3.53. The summed E-state index contributed by atoms with van der Waals surface area (Å²) in [5.41, 5.74) is 0. The second kappa shape index (κ2) is 27.0. The van der Waals surface area contributed by atoms with E-state index in [1.165, 1.54) is 96.3 Å². The Hall–Kier alpha value is -1.06. The van der Waals surface area contributed by atoms with Crippen LogP contribution in [0.4, 0.5) is 0 Å². The van der Waals surface area contributed by atoms with Gasteiger partial charge in [0.15, 0.2) is 0 Å². The van der Waals surface area contributed by atoms with E-state index in [1.807, 2.05) is 0 Å². The Bertz CT molecular complexity index is 489. The van der Waals surface area contributed by atoms with Crippen molar-refractivity contribution in [1.29, 1.82) is 0 Å². The molecule has 0 aromatic carbocycles. The molecule has 0 aliphatic rings. The Morgan fingerprint density at radius 2 is 0.944 bits per heavy atom. The maximum absolute atomic E-state index is 12.5. The molecule has 0 saturated carbocycles. The highest BCUT2D eigenvalue weighted by Crippen LogP contribution is 2.22. The summed E-state index contributed by atoms with van der Waals surface area (Å²) in [6.45, 7) is 9.91. The Kier molecular flexibility index (Phi) is 26.2. The zero-order valence-electron chi connectivity index (χ0n) is 24.8. The number of rotatable bonds is 27. The highest BCUT2D eigenvalue weighted by Gasteiger charge is 2.23. The van der Waals surface area contributed by atoms with Gasteiger partial charge in [0.2, 0.25) is 0 Å². The van der Waals surface area contributed by atoms with Gasteiger partial charge >= 0.3 is 11.9 Å². The molecule has 4 heteroatoms. The van der Waals surface area contributed by atoms with Crippen molar-refractivity contribution in [2.24, 2.45) is 11.8 Å². The fourth-order valence-electron chi connectivity index (χ4n) is 4.72. The number of carbonyl (C=O) groups excluding carboxylic acids is 2. The third kappa shape index (κ3) is 23.3. The average Bonchev–Trinajstić information content (AvgIpc) is 2.86. The number of ether oxygens (including phenoxy) is 2. The van der Waals surface area contributed by atoms with Crippen LogP contribution in [0.1, 0.15) is 169 Å². The third-order valence-corrected chi connectivity index (χ3v) is 7.26. The summed E-state index contributed by atoms with van der Waals surface area (Å²) in [6.07, 6.45) is 25.5. The van der Waals surface area contributed by atoms with Gasteiger partial charge in [-0.25, -0.2) is 0 Å². The number of unbranched alkanes of at least 4 members (excludes halogenated alkanes) is 17. The van der Waals surface area contributed by atoms with Gasteiger partial charge in [-0.3, -0.25) is 9.59 Å². The molecule has 0 aliphatic carbocycles. The van der Waals surface area contributed by atoms with E-state index in [0.29, 0.717) is 25.6 Å². The van der Waals surface area contributed by atoms with Gasteiger partial charge in [-0.2, -0.15) is 0 Å². The lowest BCUT2D eigenvalue weighted by molar-refractivity contribution is -0.150. The molecular formula is C32H62O4. The topological polar surface area (TPSA) is 52.6 Å². The maximum Gasteiger partial charge on any atom is 0.309 e. The van der Waals surface area contributed by atoms with Crippen molar-refractivity contribution in [2.75, 3.05) is 13.2 Å². The lowest BCUT2D eigenvalue weighted by Gasteiger charge is -2.19. The molecule has 0 radical (unpaired) electrons. The number of hydrogen-bond acceptors (Lipinski definition) is 4. The zero-order chi connectivity index (χ0) is 26.7. The van der Waals surface area contributed by atoms with E-state index in [1.54, 1.807) is 0 Å². The van der Waals surface area contributed by atoms with E-state index in [9.17, 15) is 9.59 Å². The van der Waals surface area contributed by atoms with Crippen LogP contribution < -0.4 is 0 Å². The summed E-state index contributed by atoms with van der Waals surface area (Å²) >= 11 is 0. The van der Waals surface area contributed by atoms with E-state index < -0.39 is 0 Å². The summed E-state index contributed by atoms with van der Waals surface area (Å²) in [4.78, 5) is 24.2. The van der Waals surface area contributed by atoms with Crippen LogP contribution in [0, 0.1) is 11.8 Å². The Labute approximate surface area is 225 Å². The minimum absolute atomic E-state index is 0.0131. The van der Waals surface area contributed by atoms with Crippen molar-refractivity contribution < 1.29 is 19.1 Å². The molecule has 1 atom stereocenters. The summed E-state index contributed by atoms with van der Waals surface area (Å²) < 4.78 is 10.9. The van der Waals surface area contributed by atoms with Crippen molar-refractivity contribution in [1.82, 2.24) is 0 Å². The van der Waals surface area contributed by atoms with E-state index >= 15 is 0 Å². The SMILES string of the molecule is CCCCCCCOC(=O)CCCCCCCCCCCCC(C(=O)OCCCCCCC)C(C)C. The smallest absolute Gasteiger partial charge is 0.309 e. The van der Waals surface area contributed by atoms with Gasteiger partial charge in [0.25, 0.3) is 0 Å². The molecule has 214 valence electrons. The first kappa shape index (κ1) is 34.9. The number of esters is 2. The molecule has 0 rings (SSSR count). The van der Waals surface area contributed by atoms with Crippen molar-refractivity contribution in [3.63, 3.8) is 0 Å². The highest BCUT2D eigenvalue weighted by atomic mass is 16.5. The molecular weight excluding hydrogens is 448 g/mol. The molecule has 0 heterocycles. The van der Waals surface area contributed by atoms with Crippen LogP contribution in [-0.4, -0.2) is 25.2 Å². The van der Waals surface area contributed by atoms with Crippen molar-refractivity contribution in [3.05, 3.63) is 0 Å². The minimum Gasteiger partial charge on any atom is -0.466 e. The second-order valence-corrected chi connectivity index (χ2v) is 11.1. The van der Waals surface area contributed by atoms with Gasteiger partial charge in [0.1, 0.15) is 0 Å². The van der Waals surface area contributed by atoms with Crippen LogP contribution in [0.15, 0.2) is 0 Å². The van der Waals surface area contributed by atoms with Gasteiger partial charge in [0, 0.05) is 6.42 Å². The van der Waals surface area contributed by atoms with E-state index in [-0.39, 0.29) is 17.9 Å². The van der Waals surface area contributed by atoms with Crippen LogP contribution in [-0.2, 0) is 19.1 Å². The van der Waals surface area contributed by atoms with Crippen molar-refractivity contribution >= 4 is 11.9 Å². The molecule has 0 amide bonds. The summed E-state index contributed by atoms with van der Waals surface area (Å²) in [5.74, 6) is 0.427. The van der Waals surface area contributed by atoms with Gasteiger partial charge in [0.05, 0.1) is 19.1 Å². The van der Waals surface area contributed by atoms with E-state index in [2.05, 4.69) is 27.7 Å². The standard InChI is InChI=1S/C32H62O4/c1-5-7-9-19-23-27-35-31(33)26-22-18-16-14-12-11-13-15-17-21-25-30(29(3)4)32(34)36-28-24-20-10-8-6-2/h29-30H,5-28H2,1-4H3. The molecule has 0 aliphatic heterocycles. The average molecular weight is 511 g/mol. The van der Waals surface area contributed by atoms with E-state index in [0.717, 1.165) is 38.5 Å². The number of carbonyl (C=O) groups is 2. The summed E-state index contributed by atoms with van der Waals surface area (Å²) in [6, 6.07) is 0. The summed E-state index contributed by atoms with van der Waals surface area (Å²) in [5, 5.41) is 0. The van der Waals surface area contributed by atoms with Gasteiger partial charge < -0.3 is 9.47 Å². The Morgan fingerprint density at radius 3 is 1.44 bits per heavy atom. The number of hydrogen-bond donors (Lipinski definition) is 0. The molecule has 0 bridgehead atoms. The molecule has 0 saturated heterocycles. The predicted molar refractivity (Wildman–Crippen MR) is 153 cm³/mol. The van der Waals surface area contributed by atoms with Crippen LogP contribution in [0.25, 0.3) is 0 Å². The fraction of sp³-hybridized carbons (Fsp3) is 0.938. The molecule has 4 nitrogen and oxygen atoms in total. The van der Waals surface area contributed by atoms with Gasteiger partial charge in [-0.1, -0.05) is 137 Å². The van der Waals surface area contributed by atoms with E-state index in [4.69, 9.17) is 9.47 Å². The minimum atomic E-state index is -0.0131. The quantitative estimate of drug-likeness (QED) is 0.0814. The monoisotopic (exact) mass is 510 g/mol. The van der Waals surface area contributed by atoms with Crippen LogP contribution in [0.5, 0.6) is 0 Å². The molecule has 0 aromatic heterocycles. The first-order valence-corrected chi connectivity index (χ1v) is 15.8. The molecule has 0 N–H and O–H groups in total. The van der Waals surface area contributed by atoms with Crippen molar-refractivity contribution in [2.45, 2.75) is 169 Å². The largest absolute Gasteiger partial charge is 0.466 e. The predicted octanol–water partition coefficient (Wildman–Crippen LogP) is 9.97. The molecule has 1 unspecified atom stereocenters. The Morgan fingerprint density at radius 1 is 0.528 bits per heavy atom. The second-order valence-electron chi connectivity index (χ2n) is 11.1. The van der Waals surface area contributed by atoms with Crippen molar-refractivity contribution in [3.8, 4) is 0 Å². The normalized spacial score (nSPS) is 12.1. The van der Waals surface area contributed by atoms with Crippen LogP contribution in [0.3, 0.4) is 0 Å². The lowest BCUT2D eigenvalue weighted by atomic mass is 9.90.